The number of Topliss-reactive ketones (excluding diaryl/α,β-unsaturated/α-hetero) is 1. The average Bonchev–Trinajstić information content (AvgIpc) is 3.31. The molecule has 4 aromatic rings. The lowest BCUT2D eigenvalue weighted by atomic mass is 9.76. The molecule has 8 nitrogen and oxygen atoms in total. The first kappa shape index (κ1) is 31.9. The SMILES string of the molecule is COc1ccc(C(=O)C(C)OC(=O)c2cc(-c3ccc(N4C(=O)C5CCC(C)CC5C4=O)cc3)nc3c(C)c(Cl)c(Br)cc23)cc1. The van der Waals surface area contributed by atoms with Crippen LogP contribution in [0.1, 0.15) is 59.4 Å². The van der Waals surface area contributed by atoms with Crippen LogP contribution in [-0.2, 0) is 14.3 Å². The summed E-state index contributed by atoms with van der Waals surface area (Å²) in [6.45, 7) is 5.47. The predicted octanol–water partition coefficient (Wildman–Crippen LogP) is 7.99. The molecule has 2 amide bonds. The molecule has 0 radical (unpaired) electrons. The Bertz CT molecular complexity index is 1890. The van der Waals surface area contributed by atoms with Crippen molar-refractivity contribution in [1.29, 1.82) is 0 Å². The third kappa shape index (κ3) is 5.71. The van der Waals surface area contributed by atoms with E-state index in [9.17, 15) is 19.2 Å². The Balaban J connectivity index is 1.33. The van der Waals surface area contributed by atoms with E-state index in [1.165, 1.54) is 18.9 Å². The van der Waals surface area contributed by atoms with Gasteiger partial charge in [-0.3, -0.25) is 19.3 Å². The van der Waals surface area contributed by atoms with Gasteiger partial charge in [-0.15, -0.1) is 0 Å². The van der Waals surface area contributed by atoms with E-state index in [-0.39, 0.29) is 35.0 Å². The highest BCUT2D eigenvalue weighted by Crippen LogP contribution is 2.42. The fraction of sp³-hybridized carbons (Fsp3) is 0.306. The van der Waals surface area contributed by atoms with Crippen LogP contribution in [0.5, 0.6) is 5.75 Å². The molecule has 4 atom stereocenters. The number of carbonyl (C=O) groups is 4. The first-order valence-corrected chi connectivity index (χ1v) is 16.3. The summed E-state index contributed by atoms with van der Waals surface area (Å²) in [6.07, 6.45) is 1.34. The summed E-state index contributed by atoms with van der Waals surface area (Å²) < 4.78 is 11.5. The predicted molar refractivity (Wildman–Crippen MR) is 179 cm³/mol. The van der Waals surface area contributed by atoms with Gasteiger partial charge in [-0.1, -0.05) is 30.7 Å². The number of rotatable bonds is 7. The number of aromatic nitrogens is 1. The number of nitrogens with zero attached hydrogens (tertiary/aromatic N) is 2. The fourth-order valence-electron chi connectivity index (χ4n) is 6.47. The number of halogens is 2. The molecule has 1 aliphatic heterocycles. The highest BCUT2D eigenvalue weighted by atomic mass is 79.9. The zero-order valence-corrected chi connectivity index (χ0v) is 28.1. The van der Waals surface area contributed by atoms with Gasteiger partial charge in [0.05, 0.1) is 46.4 Å². The third-order valence-corrected chi connectivity index (χ3v) is 10.4. The van der Waals surface area contributed by atoms with Crippen LogP contribution in [-0.4, -0.2) is 41.8 Å². The van der Waals surface area contributed by atoms with Gasteiger partial charge < -0.3 is 9.47 Å². The number of carbonyl (C=O) groups excluding carboxylic acids is 4. The number of ether oxygens (including phenoxy) is 2. The molecule has 2 fully saturated rings. The van der Waals surface area contributed by atoms with Crippen LogP contribution in [0.3, 0.4) is 0 Å². The second kappa shape index (κ2) is 12.6. The number of hydrogen-bond donors (Lipinski definition) is 0. The summed E-state index contributed by atoms with van der Waals surface area (Å²) in [4.78, 5) is 59.4. The van der Waals surface area contributed by atoms with Crippen LogP contribution in [0.2, 0.25) is 5.02 Å². The van der Waals surface area contributed by atoms with Crippen LogP contribution < -0.4 is 9.64 Å². The maximum absolute atomic E-state index is 13.7. The number of anilines is 1. The second-order valence-electron chi connectivity index (χ2n) is 12.1. The summed E-state index contributed by atoms with van der Waals surface area (Å²) in [5, 5.41) is 0.963. The summed E-state index contributed by atoms with van der Waals surface area (Å²) in [5.74, 6) is -0.834. The van der Waals surface area contributed by atoms with Gasteiger partial charge in [0, 0.05) is 21.0 Å². The van der Waals surface area contributed by atoms with Gasteiger partial charge >= 0.3 is 5.97 Å². The zero-order chi connectivity index (χ0) is 32.9. The van der Waals surface area contributed by atoms with Crippen molar-refractivity contribution in [3.63, 3.8) is 0 Å². The van der Waals surface area contributed by atoms with E-state index in [1.807, 2.05) is 6.92 Å². The van der Waals surface area contributed by atoms with Crippen molar-refractivity contribution in [1.82, 2.24) is 4.98 Å². The molecule has 0 N–H and O–H groups in total. The number of fused-ring (bicyclic) bond motifs is 2. The van der Waals surface area contributed by atoms with E-state index in [0.717, 1.165) is 19.3 Å². The molecule has 0 spiro atoms. The van der Waals surface area contributed by atoms with Gasteiger partial charge in [0.2, 0.25) is 17.6 Å². The highest BCUT2D eigenvalue weighted by Gasteiger charge is 2.50. The van der Waals surface area contributed by atoms with E-state index >= 15 is 0 Å². The lowest BCUT2D eigenvalue weighted by Gasteiger charge is -2.25. The Morgan fingerprint density at radius 3 is 2.35 bits per heavy atom. The molecule has 46 heavy (non-hydrogen) atoms. The van der Waals surface area contributed by atoms with Crippen LogP contribution >= 0.6 is 27.5 Å². The molecular formula is C36H32BrClN2O6. The number of aryl methyl sites for hydroxylation is 1. The number of imide groups is 1. The molecule has 1 saturated heterocycles. The third-order valence-electron chi connectivity index (χ3n) is 9.08. The minimum atomic E-state index is -1.06. The van der Waals surface area contributed by atoms with Crippen LogP contribution in [0.25, 0.3) is 22.2 Å². The second-order valence-corrected chi connectivity index (χ2v) is 13.3. The first-order chi connectivity index (χ1) is 22.0. The maximum Gasteiger partial charge on any atom is 0.339 e. The highest BCUT2D eigenvalue weighted by molar-refractivity contribution is 9.10. The zero-order valence-electron chi connectivity index (χ0n) is 25.8. The molecule has 1 aliphatic carbocycles. The number of benzene rings is 3. The van der Waals surface area contributed by atoms with Crippen LogP contribution in [0.4, 0.5) is 5.69 Å². The number of methoxy groups -OCH3 is 1. The molecular weight excluding hydrogens is 672 g/mol. The Kier molecular flexibility index (Phi) is 8.74. The Morgan fingerprint density at radius 2 is 1.67 bits per heavy atom. The molecule has 3 aromatic carbocycles. The minimum absolute atomic E-state index is 0.141. The average molecular weight is 704 g/mol. The largest absolute Gasteiger partial charge is 0.497 e. The summed E-state index contributed by atoms with van der Waals surface area (Å²) in [6, 6.07) is 16.9. The first-order valence-electron chi connectivity index (χ1n) is 15.1. The molecule has 6 rings (SSSR count). The van der Waals surface area contributed by atoms with Crippen molar-refractivity contribution >= 4 is 67.7 Å². The van der Waals surface area contributed by atoms with Crippen molar-refractivity contribution in [3.05, 3.63) is 86.8 Å². The van der Waals surface area contributed by atoms with Gasteiger partial charge in [0.1, 0.15) is 5.75 Å². The normalized spacial score (nSPS) is 20.0. The molecule has 4 unspecified atom stereocenters. The van der Waals surface area contributed by atoms with Crippen molar-refractivity contribution < 1.29 is 28.7 Å². The van der Waals surface area contributed by atoms with E-state index in [2.05, 4.69) is 22.9 Å². The van der Waals surface area contributed by atoms with Crippen molar-refractivity contribution in [2.75, 3.05) is 12.0 Å². The van der Waals surface area contributed by atoms with Crippen molar-refractivity contribution in [2.45, 2.75) is 46.1 Å². The van der Waals surface area contributed by atoms with E-state index in [4.69, 9.17) is 26.1 Å². The summed E-state index contributed by atoms with van der Waals surface area (Å²) in [5.41, 5.74) is 3.38. The molecule has 2 aliphatic rings. The van der Waals surface area contributed by atoms with Crippen LogP contribution in [0.15, 0.2) is 65.1 Å². The summed E-state index contributed by atoms with van der Waals surface area (Å²) >= 11 is 10.0. The van der Waals surface area contributed by atoms with Gasteiger partial charge in [0.15, 0.2) is 6.10 Å². The monoisotopic (exact) mass is 702 g/mol. The smallest absolute Gasteiger partial charge is 0.339 e. The fourth-order valence-corrected chi connectivity index (χ4v) is 7.14. The van der Waals surface area contributed by atoms with Gasteiger partial charge in [-0.25, -0.2) is 9.78 Å². The molecule has 236 valence electrons. The number of esters is 1. The van der Waals surface area contributed by atoms with E-state index < -0.39 is 12.1 Å². The van der Waals surface area contributed by atoms with E-state index in [1.54, 1.807) is 60.7 Å². The lowest BCUT2D eigenvalue weighted by Crippen LogP contribution is -2.30. The number of hydrogen-bond acceptors (Lipinski definition) is 7. The van der Waals surface area contributed by atoms with Crippen molar-refractivity contribution in [3.8, 4) is 17.0 Å². The molecule has 1 aromatic heterocycles. The standard InChI is InChI=1S/C36H32BrClN2O6/c1-18-5-14-25-27(15-18)35(43)40(34(25)42)23-10-6-21(7-11-23)30-17-28(26-16-29(37)31(38)19(2)32(26)39-30)36(44)46-20(3)33(41)22-8-12-24(45-4)13-9-22/h6-13,16-18,20,25,27H,5,14-15H2,1-4H3. The number of pyridine rings is 1. The van der Waals surface area contributed by atoms with Gasteiger partial charge in [0.25, 0.3) is 0 Å². The van der Waals surface area contributed by atoms with Crippen molar-refractivity contribution in [2.24, 2.45) is 17.8 Å². The van der Waals surface area contributed by atoms with E-state index in [0.29, 0.717) is 60.1 Å². The van der Waals surface area contributed by atoms with Gasteiger partial charge in [-0.2, -0.15) is 0 Å². The summed E-state index contributed by atoms with van der Waals surface area (Å²) in [7, 11) is 1.54. The Morgan fingerprint density at radius 1 is 1.00 bits per heavy atom. The minimum Gasteiger partial charge on any atom is -0.497 e. The molecule has 10 heteroatoms. The number of amides is 2. The van der Waals surface area contributed by atoms with Gasteiger partial charge in [-0.05, 0) is 109 Å². The molecule has 2 heterocycles. The molecule has 0 bridgehead atoms. The van der Waals surface area contributed by atoms with Crippen LogP contribution in [0, 0.1) is 24.7 Å². The Labute approximate surface area is 280 Å². The lowest BCUT2D eigenvalue weighted by molar-refractivity contribution is -0.122. The topological polar surface area (TPSA) is 103 Å². The molecule has 1 saturated carbocycles. The Hall–Kier alpha value is -4.08. The maximum atomic E-state index is 13.7. The number of ketones is 1. The quantitative estimate of drug-likeness (QED) is 0.109.